The normalized spacial score (nSPS) is 23.7. The van der Waals surface area contributed by atoms with E-state index in [1.165, 1.54) is 0 Å². The summed E-state index contributed by atoms with van der Waals surface area (Å²) in [6.45, 7) is 10.5. The molecule has 1 fully saturated rings. The monoisotopic (exact) mass is 272 g/mol. The van der Waals surface area contributed by atoms with E-state index in [1.807, 2.05) is 20.8 Å². The molecule has 5 heteroatoms. The average molecular weight is 272 g/mol. The van der Waals surface area contributed by atoms with Gasteiger partial charge in [0.15, 0.2) is 0 Å². The molecule has 19 heavy (non-hydrogen) atoms. The maximum Gasteiger partial charge on any atom is 0.407 e. The van der Waals surface area contributed by atoms with Gasteiger partial charge in [-0.3, -0.25) is 0 Å². The van der Waals surface area contributed by atoms with E-state index >= 15 is 0 Å². The van der Waals surface area contributed by atoms with Gasteiger partial charge in [0, 0.05) is 12.1 Å². The number of hydrogen-bond acceptors (Lipinski definition) is 4. The summed E-state index contributed by atoms with van der Waals surface area (Å²) in [6.07, 6.45) is 2.53. The molecule has 0 aromatic carbocycles. The van der Waals surface area contributed by atoms with Gasteiger partial charge >= 0.3 is 6.09 Å². The number of amides is 1. The number of carbonyl (C=O) groups excluding carboxylic acids is 1. The maximum atomic E-state index is 11.6. The molecule has 0 radical (unpaired) electrons. The van der Waals surface area contributed by atoms with Gasteiger partial charge in [-0.05, 0) is 46.0 Å². The van der Waals surface area contributed by atoms with Crippen LogP contribution in [0.3, 0.4) is 0 Å². The number of alkyl carbamates (subject to hydrolysis) is 1. The number of rotatable bonds is 5. The molecule has 1 aliphatic rings. The molecule has 2 unspecified atom stereocenters. The molecule has 1 aliphatic carbocycles. The van der Waals surface area contributed by atoms with Crippen LogP contribution in [0.4, 0.5) is 4.79 Å². The second kappa shape index (κ2) is 7.10. The number of carbonyl (C=O) groups is 1. The predicted octanol–water partition coefficient (Wildman–Crippen LogP) is 2.61. The van der Waals surface area contributed by atoms with Gasteiger partial charge < -0.3 is 14.9 Å². The molecule has 1 rings (SSSR count). The highest BCUT2D eigenvalue weighted by Crippen LogP contribution is 2.20. The quantitative estimate of drug-likeness (QED) is 0.755. The largest absolute Gasteiger partial charge is 0.444 e. The number of ether oxygens (including phenoxy) is 1. The fourth-order valence-corrected chi connectivity index (χ4v) is 2.03. The highest BCUT2D eigenvalue weighted by molar-refractivity contribution is 5.68. The van der Waals surface area contributed by atoms with Gasteiger partial charge in [-0.25, -0.2) is 4.79 Å². The predicted molar refractivity (Wildman–Crippen MR) is 74.7 cm³/mol. The number of hydroxylamine groups is 1. The van der Waals surface area contributed by atoms with E-state index in [9.17, 15) is 4.79 Å². The van der Waals surface area contributed by atoms with Gasteiger partial charge in [-0.15, -0.1) is 0 Å². The zero-order valence-corrected chi connectivity index (χ0v) is 12.8. The van der Waals surface area contributed by atoms with Gasteiger partial charge in [0.05, 0.1) is 6.61 Å². The van der Waals surface area contributed by atoms with Crippen LogP contribution in [0.2, 0.25) is 0 Å². The summed E-state index contributed by atoms with van der Waals surface area (Å²) in [4.78, 5) is 17.1. The number of nitrogens with one attached hydrogen (secondary N) is 2. The Kier molecular flexibility index (Phi) is 6.07. The fraction of sp³-hybridized carbons (Fsp3) is 0.929. The lowest BCUT2D eigenvalue weighted by molar-refractivity contribution is 0.00169. The molecule has 0 aromatic rings. The molecule has 5 nitrogen and oxygen atoms in total. The van der Waals surface area contributed by atoms with Gasteiger partial charge in [-0.1, -0.05) is 13.8 Å². The highest BCUT2D eigenvalue weighted by Gasteiger charge is 2.27. The first kappa shape index (κ1) is 16.2. The molecule has 0 saturated heterocycles. The first-order valence-corrected chi connectivity index (χ1v) is 7.13. The van der Waals surface area contributed by atoms with E-state index in [-0.39, 0.29) is 12.1 Å². The smallest absolute Gasteiger partial charge is 0.407 e. The van der Waals surface area contributed by atoms with Crippen LogP contribution in [0.15, 0.2) is 0 Å². The Morgan fingerprint density at radius 3 is 2.47 bits per heavy atom. The van der Waals surface area contributed by atoms with Crippen molar-refractivity contribution in [2.75, 3.05) is 6.61 Å². The van der Waals surface area contributed by atoms with E-state index in [4.69, 9.17) is 9.57 Å². The van der Waals surface area contributed by atoms with E-state index in [1.54, 1.807) is 0 Å². The van der Waals surface area contributed by atoms with Crippen LogP contribution in [0, 0.1) is 5.92 Å². The summed E-state index contributed by atoms with van der Waals surface area (Å²) in [7, 11) is 0. The minimum absolute atomic E-state index is 0.176. The first-order chi connectivity index (χ1) is 8.76. The highest BCUT2D eigenvalue weighted by atomic mass is 16.6. The van der Waals surface area contributed by atoms with Crippen molar-refractivity contribution in [1.29, 1.82) is 0 Å². The third kappa shape index (κ3) is 7.38. The van der Waals surface area contributed by atoms with Gasteiger partial charge in [0.1, 0.15) is 5.60 Å². The Morgan fingerprint density at radius 2 is 1.89 bits per heavy atom. The Morgan fingerprint density at radius 1 is 1.26 bits per heavy atom. The van der Waals surface area contributed by atoms with Crippen molar-refractivity contribution in [3.8, 4) is 0 Å². The lowest BCUT2D eigenvalue weighted by Crippen LogP contribution is -2.39. The van der Waals surface area contributed by atoms with Crippen molar-refractivity contribution in [3.63, 3.8) is 0 Å². The standard InChI is InChI=1S/C14H28N2O3/c1-10(2)9-18-16-12-7-6-11(8-12)15-13(17)19-14(3,4)5/h10-12,16H,6-9H2,1-5H3,(H,15,17). The molecule has 0 aliphatic heterocycles. The molecule has 2 atom stereocenters. The van der Waals surface area contributed by atoms with Crippen LogP contribution in [-0.4, -0.2) is 30.4 Å². The SMILES string of the molecule is CC(C)CONC1CCC(NC(=O)OC(C)(C)C)C1. The van der Waals surface area contributed by atoms with Crippen LogP contribution < -0.4 is 10.8 Å². The Bertz CT molecular complexity index is 287. The third-order valence-electron chi connectivity index (χ3n) is 2.82. The molecule has 1 amide bonds. The lowest BCUT2D eigenvalue weighted by Gasteiger charge is -2.21. The summed E-state index contributed by atoms with van der Waals surface area (Å²) in [5, 5.41) is 2.91. The molecule has 1 saturated carbocycles. The lowest BCUT2D eigenvalue weighted by atomic mass is 10.2. The van der Waals surface area contributed by atoms with Crippen molar-refractivity contribution in [1.82, 2.24) is 10.8 Å². The van der Waals surface area contributed by atoms with Crippen molar-refractivity contribution >= 4 is 6.09 Å². The minimum Gasteiger partial charge on any atom is -0.444 e. The summed E-state index contributed by atoms with van der Waals surface area (Å²) in [5.74, 6) is 0.518. The molecule has 2 N–H and O–H groups in total. The Balaban J connectivity index is 2.19. The first-order valence-electron chi connectivity index (χ1n) is 7.13. The number of hydrogen-bond donors (Lipinski definition) is 2. The van der Waals surface area contributed by atoms with E-state index in [2.05, 4.69) is 24.6 Å². The van der Waals surface area contributed by atoms with E-state index < -0.39 is 5.60 Å². The van der Waals surface area contributed by atoms with Crippen LogP contribution in [0.5, 0.6) is 0 Å². The molecule has 0 aromatic heterocycles. The molecule has 0 bridgehead atoms. The van der Waals surface area contributed by atoms with E-state index in [0.717, 1.165) is 19.3 Å². The third-order valence-corrected chi connectivity index (χ3v) is 2.82. The van der Waals surface area contributed by atoms with Crippen molar-refractivity contribution in [3.05, 3.63) is 0 Å². The zero-order chi connectivity index (χ0) is 14.5. The zero-order valence-electron chi connectivity index (χ0n) is 12.8. The second-order valence-corrected chi connectivity index (χ2v) is 6.68. The van der Waals surface area contributed by atoms with Crippen LogP contribution in [0.1, 0.15) is 53.9 Å². The van der Waals surface area contributed by atoms with Crippen LogP contribution in [0.25, 0.3) is 0 Å². The van der Waals surface area contributed by atoms with Gasteiger partial charge in [0.2, 0.25) is 0 Å². The van der Waals surface area contributed by atoms with Gasteiger partial charge in [0.25, 0.3) is 0 Å². The maximum absolute atomic E-state index is 11.6. The molecule has 0 heterocycles. The summed E-state index contributed by atoms with van der Waals surface area (Å²) in [6, 6.07) is 0.494. The molecule has 0 spiro atoms. The van der Waals surface area contributed by atoms with Crippen molar-refractivity contribution < 1.29 is 14.4 Å². The van der Waals surface area contributed by atoms with E-state index in [0.29, 0.717) is 18.6 Å². The molecule has 112 valence electrons. The molecular weight excluding hydrogens is 244 g/mol. The average Bonchev–Trinajstić information content (AvgIpc) is 2.61. The summed E-state index contributed by atoms with van der Waals surface area (Å²) >= 11 is 0. The van der Waals surface area contributed by atoms with Crippen LogP contribution in [-0.2, 0) is 9.57 Å². The fourth-order valence-electron chi connectivity index (χ4n) is 2.03. The Labute approximate surface area is 116 Å². The minimum atomic E-state index is -0.444. The summed E-state index contributed by atoms with van der Waals surface area (Å²) < 4.78 is 5.25. The van der Waals surface area contributed by atoms with Gasteiger partial charge in [-0.2, -0.15) is 5.48 Å². The summed E-state index contributed by atoms with van der Waals surface area (Å²) in [5.41, 5.74) is 2.63. The second-order valence-electron chi connectivity index (χ2n) is 6.68. The topological polar surface area (TPSA) is 59.6 Å². The van der Waals surface area contributed by atoms with Crippen LogP contribution >= 0.6 is 0 Å². The Hall–Kier alpha value is -0.810. The van der Waals surface area contributed by atoms with Crippen molar-refractivity contribution in [2.45, 2.75) is 71.6 Å². The molecular formula is C14H28N2O3. The van der Waals surface area contributed by atoms with Crippen molar-refractivity contribution in [2.24, 2.45) is 5.92 Å².